The van der Waals surface area contributed by atoms with E-state index >= 15 is 0 Å². The van der Waals surface area contributed by atoms with Gasteiger partial charge in [-0.05, 0) is 47.7 Å². The summed E-state index contributed by atoms with van der Waals surface area (Å²) in [7, 11) is 0. The molecule has 0 aliphatic rings. The van der Waals surface area contributed by atoms with Gasteiger partial charge in [0.2, 0.25) is 0 Å². The minimum atomic E-state index is 0.312. The molecule has 18 heavy (non-hydrogen) atoms. The summed E-state index contributed by atoms with van der Waals surface area (Å²) in [5, 5.41) is 11.1. The third kappa shape index (κ3) is 3.50. The number of halogens is 2. The molecule has 0 spiro atoms. The molecule has 0 aliphatic carbocycles. The van der Waals surface area contributed by atoms with E-state index < -0.39 is 0 Å². The Bertz CT molecular complexity index is 527. The van der Waals surface area contributed by atoms with Gasteiger partial charge in [-0.1, -0.05) is 51.8 Å². The van der Waals surface area contributed by atoms with Crippen LogP contribution >= 0.6 is 27.5 Å². The van der Waals surface area contributed by atoms with Crippen LogP contribution in [0.5, 0.6) is 5.75 Å². The first-order valence-corrected chi connectivity index (χ1v) is 7.28. The van der Waals surface area contributed by atoms with Gasteiger partial charge in [0.15, 0.2) is 0 Å². The van der Waals surface area contributed by atoms with Crippen LogP contribution in [0.1, 0.15) is 17.0 Å². The SMILES string of the molecule is Oc1cccc(CC(CBr)c2cccc(Cl)c2)c1. The standard InChI is InChI=1S/C15H14BrClO/c16-10-13(12-4-2-5-14(17)9-12)7-11-3-1-6-15(18)8-11/h1-6,8-9,13,18H,7,10H2. The van der Waals surface area contributed by atoms with E-state index in [0.717, 1.165) is 22.3 Å². The van der Waals surface area contributed by atoms with Crippen LogP contribution in [0.3, 0.4) is 0 Å². The Morgan fingerprint density at radius 2 is 1.89 bits per heavy atom. The van der Waals surface area contributed by atoms with Crippen molar-refractivity contribution in [2.24, 2.45) is 0 Å². The number of benzene rings is 2. The van der Waals surface area contributed by atoms with Gasteiger partial charge in [-0.25, -0.2) is 0 Å². The molecule has 0 aromatic heterocycles. The summed E-state index contributed by atoms with van der Waals surface area (Å²) in [5.41, 5.74) is 2.34. The van der Waals surface area contributed by atoms with Crippen LogP contribution in [0.4, 0.5) is 0 Å². The van der Waals surface area contributed by atoms with Gasteiger partial charge in [0.25, 0.3) is 0 Å². The maximum absolute atomic E-state index is 9.48. The largest absolute Gasteiger partial charge is 0.508 e. The summed E-state index contributed by atoms with van der Waals surface area (Å²) >= 11 is 9.57. The van der Waals surface area contributed by atoms with E-state index in [0.29, 0.717) is 11.7 Å². The molecule has 0 saturated heterocycles. The highest BCUT2D eigenvalue weighted by atomic mass is 79.9. The van der Waals surface area contributed by atoms with E-state index in [1.54, 1.807) is 12.1 Å². The van der Waals surface area contributed by atoms with Crippen molar-refractivity contribution in [1.82, 2.24) is 0 Å². The molecular weight excluding hydrogens is 312 g/mol. The van der Waals surface area contributed by atoms with Crippen LogP contribution in [0, 0.1) is 0 Å². The molecule has 0 fully saturated rings. The Morgan fingerprint density at radius 1 is 1.11 bits per heavy atom. The molecular formula is C15H14BrClO. The molecule has 2 aromatic carbocycles. The Labute approximate surface area is 121 Å². The van der Waals surface area contributed by atoms with Gasteiger partial charge in [-0.2, -0.15) is 0 Å². The molecule has 1 unspecified atom stereocenters. The average Bonchev–Trinajstić information content (AvgIpc) is 2.36. The lowest BCUT2D eigenvalue weighted by molar-refractivity contribution is 0.474. The van der Waals surface area contributed by atoms with E-state index in [-0.39, 0.29) is 0 Å². The molecule has 2 rings (SSSR count). The lowest BCUT2D eigenvalue weighted by Crippen LogP contribution is -2.04. The zero-order valence-corrected chi connectivity index (χ0v) is 12.2. The number of aromatic hydroxyl groups is 1. The molecule has 0 radical (unpaired) electrons. The van der Waals surface area contributed by atoms with Crippen molar-refractivity contribution >= 4 is 27.5 Å². The predicted molar refractivity (Wildman–Crippen MR) is 79.8 cm³/mol. The molecule has 1 atom stereocenters. The highest BCUT2D eigenvalue weighted by Crippen LogP contribution is 2.26. The third-order valence-corrected chi connectivity index (χ3v) is 3.92. The van der Waals surface area contributed by atoms with Crippen LogP contribution in [-0.2, 0) is 6.42 Å². The van der Waals surface area contributed by atoms with Crippen LogP contribution in [0.25, 0.3) is 0 Å². The van der Waals surface area contributed by atoms with Gasteiger partial charge in [-0.15, -0.1) is 0 Å². The third-order valence-electron chi connectivity index (χ3n) is 2.90. The topological polar surface area (TPSA) is 20.2 Å². The maximum atomic E-state index is 9.48. The fraction of sp³-hybridized carbons (Fsp3) is 0.200. The lowest BCUT2D eigenvalue weighted by atomic mass is 9.94. The van der Waals surface area contributed by atoms with Crippen LogP contribution < -0.4 is 0 Å². The molecule has 94 valence electrons. The van der Waals surface area contributed by atoms with Crippen molar-refractivity contribution in [1.29, 1.82) is 0 Å². The van der Waals surface area contributed by atoms with Gasteiger partial charge in [0, 0.05) is 10.4 Å². The van der Waals surface area contributed by atoms with E-state index in [1.807, 2.05) is 30.3 Å². The number of hydrogen-bond acceptors (Lipinski definition) is 1. The zero-order chi connectivity index (χ0) is 13.0. The second kappa shape index (κ2) is 6.26. The molecule has 0 saturated carbocycles. The Balaban J connectivity index is 2.19. The first kappa shape index (κ1) is 13.4. The fourth-order valence-corrected chi connectivity index (χ4v) is 2.79. The van der Waals surface area contributed by atoms with Crippen LogP contribution in [-0.4, -0.2) is 10.4 Å². The van der Waals surface area contributed by atoms with Crippen molar-refractivity contribution < 1.29 is 5.11 Å². The second-order valence-corrected chi connectivity index (χ2v) is 5.36. The highest BCUT2D eigenvalue weighted by Gasteiger charge is 2.11. The summed E-state index contributed by atoms with van der Waals surface area (Å²) < 4.78 is 0. The van der Waals surface area contributed by atoms with Crippen LogP contribution in [0.15, 0.2) is 48.5 Å². The van der Waals surface area contributed by atoms with Gasteiger partial charge in [0.05, 0.1) is 0 Å². The van der Waals surface area contributed by atoms with Crippen molar-refractivity contribution in [3.05, 3.63) is 64.7 Å². The monoisotopic (exact) mass is 324 g/mol. The van der Waals surface area contributed by atoms with E-state index in [4.69, 9.17) is 11.6 Å². The quantitative estimate of drug-likeness (QED) is 0.803. The van der Waals surface area contributed by atoms with E-state index in [1.165, 1.54) is 5.56 Å². The number of alkyl halides is 1. The normalized spacial score (nSPS) is 12.3. The van der Waals surface area contributed by atoms with Crippen molar-refractivity contribution in [2.75, 3.05) is 5.33 Å². The molecule has 0 heterocycles. The average molecular weight is 326 g/mol. The van der Waals surface area contributed by atoms with Gasteiger partial charge in [-0.3, -0.25) is 0 Å². The molecule has 0 amide bonds. The highest BCUT2D eigenvalue weighted by molar-refractivity contribution is 9.09. The number of phenols is 1. The Hall–Kier alpha value is -0.990. The Morgan fingerprint density at radius 3 is 2.56 bits per heavy atom. The predicted octanol–water partition coefficient (Wildman–Crippen LogP) is 4.77. The summed E-state index contributed by atoms with van der Waals surface area (Å²) in [5.74, 6) is 0.664. The second-order valence-electron chi connectivity index (χ2n) is 4.28. The minimum absolute atomic E-state index is 0.312. The lowest BCUT2D eigenvalue weighted by Gasteiger charge is -2.15. The maximum Gasteiger partial charge on any atom is 0.115 e. The molecule has 0 aliphatic heterocycles. The molecule has 3 heteroatoms. The molecule has 1 nitrogen and oxygen atoms in total. The summed E-state index contributed by atoms with van der Waals surface area (Å²) in [4.78, 5) is 0. The Kier molecular flexibility index (Phi) is 4.67. The fourth-order valence-electron chi connectivity index (χ4n) is 1.99. The van der Waals surface area contributed by atoms with Gasteiger partial charge in [0.1, 0.15) is 5.75 Å². The van der Waals surface area contributed by atoms with E-state index in [9.17, 15) is 5.11 Å². The number of phenolic OH excluding ortho intramolecular Hbond substituents is 1. The zero-order valence-electron chi connectivity index (χ0n) is 9.81. The summed E-state index contributed by atoms with van der Waals surface area (Å²) in [6, 6.07) is 15.3. The molecule has 2 aromatic rings. The summed E-state index contributed by atoms with van der Waals surface area (Å²) in [6.45, 7) is 0. The summed E-state index contributed by atoms with van der Waals surface area (Å²) in [6.07, 6.45) is 0.875. The smallest absolute Gasteiger partial charge is 0.115 e. The van der Waals surface area contributed by atoms with Crippen LogP contribution in [0.2, 0.25) is 5.02 Å². The molecule has 1 N–H and O–H groups in total. The number of rotatable bonds is 4. The first-order chi connectivity index (χ1) is 8.69. The first-order valence-electron chi connectivity index (χ1n) is 5.78. The van der Waals surface area contributed by atoms with E-state index in [2.05, 4.69) is 22.0 Å². The van der Waals surface area contributed by atoms with Gasteiger partial charge < -0.3 is 5.11 Å². The minimum Gasteiger partial charge on any atom is -0.508 e. The number of hydrogen-bond donors (Lipinski definition) is 1. The van der Waals surface area contributed by atoms with Crippen molar-refractivity contribution in [2.45, 2.75) is 12.3 Å². The van der Waals surface area contributed by atoms with Crippen molar-refractivity contribution in [3.8, 4) is 5.75 Å². The van der Waals surface area contributed by atoms with Crippen molar-refractivity contribution in [3.63, 3.8) is 0 Å². The molecule has 0 bridgehead atoms. The van der Waals surface area contributed by atoms with Gasteiger partial charge >= 0.3 is 0 Å².